The summed E-state index contributed by atoms with van der Waals surface area (Å²) in [6.07, 6.45) is 2.25. The van der Waals surface area contributed by atoms with Crippen LogP contribution in [0.25, 0.3) is 10.9 Å². The van der Waals surface area contributed by atoms with Gasteiger partial charge in [0.1, 0.15) is 0 Å². The summed E-state index contributed by atoms with van der Waals surface area (Å²) in [6.45, 7) is 1.71. The number of sulfone groups is 1. The quantitative estimate of drug-likeness (QED) is 0.788. The van der Waals surface area contributed by atoms with Crippen LogP contribution in [-0.2, 0) is 16.4 Å². The van der Waals surface area contributed by atoms with E-state index in [0.29, 0.717) is 22.9 Å². The van der Waals surface area contributed by atoms with Gasteiger partial charge in [0.2, 0.25) is 9.84 Å². The summed E-state index contributed by atoms with van der Waals surface area (Å²) >= 11 is 1.38. The van der Waals surface area contributed by atoms with E-state index in [1.54, 1.807) is 16.8 Å². The number of nitrogens with one attached hydrogen (secondary N) is 1. The first-order valence-electron chi connectivity index (χ1n) is 7.62. The Kier molecular flexibility index (Phi) is 3.71. The highest BCUT2D eigenvalue weighted by molar-refractivity contribution is 7.91. The molecule has 120 valence electrons. The van der Waals surface area contributed by atoms with Crippen LogP contribution in [0.3, 0.4) is 0 Å². The molecule has 0 bridgehead atoms. The van der Waals surface area contributed by atoms with Crippen LogP contribution in [-0.4, -0.2) is 30.8 Å². The lowest BCUT2D eigenvalue weighted by Gasteiger charge is -2.10. The molecule has 1 atom stereocenters. The molecule has 3 aromatic rings. The van der Waals surface area contributed by atoms with E-state index < -0.39 is 9.84 Å². The zero-order valence-electron chi connectivity index (χ0n) is 12.5. The maximum Gasteiger partial charge on any atom is 0.227 e. The summed E-state index contributed by atoms with van der Waals surface area (Å²) < 4.78 is 27.6. The maximum atomic E-state index is 12.9. The van der Waals surface area contributed by atoms with Crippen molar-refractivity contribution >= 4 is 32.1 Å². The number of aromatic nitrogens is 2. The average Bonchev–Trinajstić information content (AvgIpc) is 3.29. The van der Waals surface area contributed by atoms with Crippen LogP contribution in [0.15, 0.2) is 51.0 Å². The smallest absolute Gasteiger partial charge is 0.227 e. The predicted octanol–water partition coefficient (Wildman–Crippen LogP) is 2.68. The Morgan fingerprint density at radius 1 is 1.30 bits per heavy atom. The molecule has 2 aromatic heterocycles. The molecule has 1 saturated heterocycles. The highest BCUT2D eigenvalue weighted by atomic mass is 32.2. The molecule has 1 aliphatic heterocycles. The minimum atomic E-state index is -3.58. The number of benzene rings is 1. The van der Waals surface area contributed by atoms with Crippen LogP contribution >= 0.6 is 11.3 Å². The molecule has 0 aliphatic carbocycles. The van der Waals surface area contributed by atoms with Crippen molar-refractivity contribution < 1.29 is 8.42 Å². The van der Waals surface area contributed by atoms with Gasteiger partial charge >= 0.3 is 0 Å². The zero-order chi connectivity index (χ0) is 15.9. The van der Waals surface area contributed by atoms with Crippen LogP contribution in [0, 0.1) is 0 Å². The number of para-hydroxylation sites is 1. The number of fused-ring (bicyclic) bond motifs is 1. The van der Waals surface area contributed by atoms with Gasteiger partial charge in [-0.25, -0.2) is 8.42 Å². The van der Waals surface area contributed by atoms with Gasteiger partial charge in [-0.2, -0.15) is 16.4 Å². The molecule has 1 aromatic carbocycles. The van der Waals surface area contributed by atoms with Gasteiger partial charge in [0.05, 0.1) is 17.0 Å². The minimum Gasteiger partial charge on any atom is -0.312 e. The predicted molar refractivity (Wildman–Crippen MR) is 90.5 cm³/mol. The van der Waals surface area contributed by atoms with E-state index in [-0.39, 0.29) is 5.03 Å². The Morgan fingerprint density at radius 3 is 2.91 bits per heavy atom. The van der Waals surface area contributed by atoms with Crippen LogP contribution in [0.1, 0.15) is 12.8 Å². The number of thiophene rings is 1. The molecule has 1 unspecified atom stereocenters. The second kappa shape index (κ2) is 5.74. The fourth-order valence-corrected chi connectivity index (χ4v) is 5.49. The molecular formula is C16H17N3O2S2. The summed E-state index contributed by atoms with van der Waals surface area (Å²) in [5.74, 6) is 0. The van der Waals surface area contributed by atoms with Gasteiger partial charge < -0.3 is 5.32 Å². The Morgan fingerprint density at radius 2 is 2.17 bits per heavy atom. The molecule has 0 amide bonds. The van der Waals surface area contributed by atoms with Crippen LogP contribution in [0.5, 0.6) is 0 Å². The van der Waals surface area contributed by atoms with E-state index in [1.807, 2.05) is 28.9 Å². The first kappa shape index (κ1) is 14.9. The largest absolute Gasteiger partial charge is 0.312 e. The van der Waals surface area contributed by atoms with E-state index >= 15 is 0 Å². The molecule has 0 saturated carbocycles. The lowest BCUT2D eigenvalue weighted by molar-refractivity contribution is 0.478. The van der Waals surface area contributed by atoms with Gasteiger partial charge in [0.25, 0.3) is 0 Å². The van der Waals surface area contributed by atoms with Crippen molar-refractivity contribution in [2.75, 3.05) is 6.54 Å². The first-order valence-corrected chi connectivity index (χ1v) is 10.0. The normalized spacial score (nSPS) is 18.7. The summed E-state index contributed by atoms with van der Waals surface area (Å²) in [6, 6.07) is 9.53. The summed E-state index contributed by atoms with van der Waals surface area (Å²) in [5, 5.41) is 12.2. The van der Waals surface area contributed by atoms with Crippen LogP contribution < -0.4 is 5.32 Å². The van der Waals surface area contributed by atoms with Gasteiger partial charge in [0, 0.05) is 16.8 Å². The number of hydrogen-bond donors (Lipinski definition) is 1. The third kappa shape index (κ3) is 2.58. The van der Waals surface area contributed by atoms with Gasteiger partial charge in [0.15, 0.2) is 5.03 Å². The summed E-state index contributed by atoms with van der Waals surface area (Å²) in [7, 11) is -3.58. The standard InChI is InChI=1S/C16H17N3O2S2/c20-23(21,13-7-9-22-11-13)16-14-5-1-2-6-15(14)19(18-16)10-12-4-3-8-17-12/h1-2,5-7,9,11-12,17H,3-4,8,10H2. The molecular weight excluding hydrogens is 330 g/mol. The molecule has 1 fully saturated rings. The van der Waals surface area contributed by atoms with Crippen molar-refractivity contribution in [1.82, 2.24) is 15.1 Å². The molecule has 0 spiro atoms. The molecule has 7 heteroatoms. The lowest BCUT2D eigenvalue weighted by atomic mass is 10.2. The van der Waals surface area contributed by atoms with E-state index in [1.165, 1.54) is 11.3 Å². The lowest BCUT2D eigenvalue weighted by Crippen LogP contribution is -2.27. The third-order valence-electron chi connectivity index (χ3n) is 4.24. The van der Waals surface area contributed by atoms with Gasteiger partial charge in [-0.05, 0) is 43.0 Å². The van der Waals surface area contributed by atoms with Crippen molar-refractivity contribution in [2.24, 2.45) is 0 Å². The summed E-state index contributed by atoms with van der Waals surface area (Å²) in [4.78, 5) is 0.317. The topological polar surface area (TPSA) is 64.0 Å². The van der Waals surface area contributed by atoms with Crippen LogP contribution in [0.2, 0.25) is 0 Å². The zero-order valence-corrected chi connectivity index (χ0v) is 14.1. The second-order valence-corrected chi connectivity index (χ2v) is 8.41. The Bertz CT molecular complexity index is 924. The van der Waals surface area contributed by atoms with E-state index in [2.05, 4.69) is 10.4 Å². The SMILES string of the molecule is O=S(=O)(c1ccsc1)c1nn(CC2CCCN2)c2ccccc12. The highest BCUT2D eigenvalue weighted by Crippen LogP contribution is 2.29. The van der Waals surface area contributed by atoms with Gasteiger partial charge in [-0.1, -0.05) is 12.1 Å². The van der Waals surface area contributed by atoms with Crippen LogP contribution in [0.4, 0.5) is 0 Å². The van der Waals surface area contributed by atoms with Crippen molar-refractivity contribution in [3.05, 3.63) is 41.1 Å². The molecule has 4 rings (SSSR count). The summed E-state index contributed by atoms with van der Waals surface area (Å²) in [5.41, 5.74) is 0.870. The molecule has 0 radical (unpaired) electrons. The van der Waals surface area contributed by atoms with Crippen molar-refractivity contribution in [2.45, 2.75) is 35.3 Å². The van der Waals surface area contributed by atoms with Crippen molar-refractivity contribution in [3.63, 3.8) is 0 Å². The van der Waals surface area contributed by atoms with Crippen molar-refractivity contribution in [3.8, 4) is 0 Å². The Balaban J connectivity index is 1.84. The van der Waals surface area contributed by atoms with Gasteiger partial charge in [-0.15, -0.1) is 0 Å². The van der Waals surface area contributed by atoms with Crippen molar-refractivity contribution in [1.29, 1.82) is 0 Å². The molecule has 1 aliphatic rings. The Labute approximate surface area is 138 Å². The average molecular weight is 347 g/mol. The highest BCUT2D eigenvalue weighted by Gasteiger charge is 2.26. The number of nitrogens with zero attached hydrogens (tertiary/aromatic N) is 2. The fourth-order valence-electron chi connectivity index (χ4n) is 3.07. The second-order valence-electron chi connectivity index (χ2n) is 5.76. The number of hydrogen-bond acceptors (Lipinski definition) is 5. The number of rotatable bonds is 4. The molecule has 5 nitrogen and oxygen atoms in total. The van der Waals surface area contributed by atoms with E-state index in [4.69, 9.17) is 0 Å². The molecule has 23 heavy (non-hydrogen) atoms. The van der Waals surface area contributed by atoms with Gasteiger partial charge in [-0.3, -0.25) is 4.68 Å². The monoisotopic (exact) mass is 347 g/mol. The Hall–Kier alpha value is -1.70. The minimum absolute atomic E-state index is 0.157. The maximum absolute atomic E-state index is 12.9. The first-order chi connectivity index (χ1) is 11.2. The third-order valence-corrected chi connectivity index (χ3v) is 6.76. The molecule has 1 N–H and O–H groups in total. The fraction of sp³-hybridized carbons (Fsp3) is 0.312. The van der Waals surface area contributed by atoms with E-state index in [9.17, 15) is 8.42 Å². The molecule has 3 heterocycles. The van der Waals surface area contributed by atoms with E-state index in [0.717, 1.165) is 24.9 Å².